The Morgan fingerprint density at radius 1 is 1.40 bits per heavy atom. The summed E-state index contributed by atoms with van der Waals surface area (Å²) in [6.07, 6.45) is 1.08. The number of nitrogens with zero attached hydrogens (tertiary/aromatic N) is 3. The fourth-order valence-corrected chi connectivity index (χ4v) is 4.91. The van der Waals surface area contributed by atoms with E-state index in [1.54, 1.807) is 13.8 Å². The second-order valence-corrected chi connectivity index (χ2v) is 8.30. The maximum absolute atomic E-state index is 12.9. The van der Waals surface area contributed by atoms with Crippen molar-refractivity contribution in [2.24, 2.45) is 5.92 Å². The van der Waals surface area contributed by atoms with Crippen molar-refractivity contribution < 1.29 is 23.1 Å². The van der Waals surface area contributed by atoms with Crippen LogP contribution in [0.15, 0.2) is 4.90 Å². The Morgan fingerprint density at radius 3 is 2.56 bits per heavy atom. The number of H-pyrrole nitrogens is 1. The van der Waals surface area contributed by atoms with Gasteiger partial charge in [0.05, 0.1) is 17.3 Å². The van der Waals surface area contributed by atoms with E-state index in [1.807, 2.05) is 0 Å². The number of carboxylic acids is 1. The van der Waals surface area contributed by atoms with Gasteiger partial charge in [0.25, 0.3) is 0 Å². The average molecular weight is 372 g/mol. The third-order valence-corrected chi connectivity index (χ3v) is 6.81. The van der Waals surface area contributed by atoms with Gasteiger partial charge in [0.15, 0.2) is 0 Å². The van der Waals surface area contributed by atoms with Crippen LogP contribution in [0.5, 0.6) is 0 Å². The van der Waals surface area contributed by atoms with Crippen molar-refractivity contribution in [2.75, 3.05) is 20.1 Å². The van der Waals surface area contributed by atoms with Gasteiger partial charge in [-0.05, 0) is 33.6 Å². The van der Waals surface area contributed by atoms with Gasteiger partial charge in [-0.15, -0.1) is 0 Å². The fraction of sp³-hybridized carbons (Fsp3) is 0.667. The Labute approximate surface area is 147 Å². The highest BCUT2D eigenvalue weighted by Crippen LogP contribution is 2.27. The molecule has 1 aliphatic heterocycles. The lowest BCUT2D eigenvalue weighted by atomic mass is 9.97. The van der Waals surface area contributed by atoms with Crippen molar-refractivity contribution >= 4 is 21.9 Å². The van der Waals surface area contributed by atoms with Crippen LogP contribution < -0.4 is 0 Å². The van der Waals surface area contributed by atoms with Crippen molar-refractivity contribution in [2.45, 2.75) is 44.6 Å². The number of nitrogens with one attached hydrogen (secondary N) is 1. The number of likely N-dealkylation sites (N-methyl/N-ethyl adjacent to an activating group) is 1. The number of carbonyl (C=O) groups is 2. The molecule has 2 atom stereocenters. The molecule has 0 aliphatic carbocycles. The van der Waals surface area contributed by atoms with Crippen molar-refractivity contribution in [3.8, 4) is 0 Å². The molecule has 1 aliphatic rings. The summed E-state index contributed by atoms with van der Waals surface area (Å²) in [6.45, 7) is 5.05. The molecule has 1 fully saturated rings. The molecule has 140 valence electrons. The molecule has 9 nitrogen and oxygen atoms in total. The van der Waals surface area contributed by atoms with Crippen LogP contribution in [0.3, 0.4) is 0 Å². The van der Waals surface area contributed by atoms with E-state index in [0.717, 1.165) is 4.90 Å². The van der Waals surface area contributed by atoms with Gasteiger partial charge >= 0.3 is 5.97 Å². The molecule has 0 bridgehead atoms. The highest BCUT2D eigenvalue weighted by Gasteiger charge is 2.37. The third-order valence-electron chi connectivity index (χ3n) is 4.68. The molecule has 1 aromatic heterocycles. The Balaban J connectivity index is 2.21. The van der Waals surface area contributed by atoms with Crippen molar-refractivity contribution in [1.82, 2.24) is 19.4 Å². The fourth-order valence-electron chi connectivity index (χ4n) is 3.06. The molecule has 0 aromatic carbocycles. The number of sulfonamides is 1. The smallest absolute Gasteiger partial charge is 0.326 e. The molecule has 2 unspecified atom stereocenters. The molecule has 0 saturated carbocycles. The van der Waals surface area contributed by atoms with Gasteiger partial charge in [-0.1, -0.05) is 0 Å². The van der Waals surface area contributed by atoms with Gasteiger partial charge in [-0.25, -0.2) is 13.2 Å². The van der Waals surface area contributed by atoms with Crippen LogP contribution in [0.25, 0.3) is 0 Å². The molecular weight excluding hydrogens is 348 g/mol. The first-order chi connectivity index (χ1) is 11.6. The molecule has 2 rings (SSSR count). The maximum Gasteiger partial charge on any atom is 0.326 e. The van der Waals surface area contributed by atoms with E-state index in [0.29, 0.717) is 30.8 Å². The summed E-state index contributed by atoms with van der Waals surface area (Å²) in [7, 11) is -2.33. The Kier molecular flexibility index (Phi) is 5.52. The second kappa shape index (κ2) is 7.12. The van der Waals surface area contributed by atoms with Crippen molar-refractivity contribution in [3.63, 3.8) is 0 Å². The minimum atomic E-state index is -3.76. The summed E-state index contributed by atoms with van der Waals surface area (Å²) in [5, 5.41) is 15.7. The number of hydrogen-bond acceptors (Lipinski definition) is 5. The Hall–Kier alpha value is -1.94. The molecule has 1 aromatic rings. The largest absolute Gasteiger partial charge is 0.480 e. The van der Waals surface area contributed by atoms with E-state index in [-0.39, 0.29) is 17.3 Å². The van der Waals surface area contributed by atoms with E-state index in [4.69, 9.17) is 5.11 Å². The first kappa shape index (κ1) is 19.4. The molecule has 0 spiro atoms. The van der Waals surface area contributed by atoms with Gasteiger partial charge in [-0.2, -0.15) is 9.40 Å². The molecule has 1 saturated heterocycles. The lowest BCUT2D eigenvalue weighted by Gasteiger charge is -2.34. The van der Waals surface area contributed by atoms with Crippen LogP contribution in [-0.4, -0.2) is 71.0 Å². The van der Waals surface area contributed by atoms with E-state index in [2.05, 4.69) is 10.2 Å². The molecule has 2 heterocycles. The summed E-state index contributed by atoms with van der Waals surface area (Å²) >= 11 is 0. The van der Waals surface area contributed by atoms with Crippen LogP contribution in [-0.2, 0) is 19.6 Å². The topological polar surface area (TPSA) is 124 Å². The predicted octanol–water partition coefficient (Wildman–Crippen LogP) is 0.359. The Morgan fingerprint density at radius 2 is 2.04 bits per heavy atom. The van der Waals surface area contributed by atoms with E-state index in [1.165, 1.54) is 18.3 Å². The van der Waals surface area contributed by atoms with Gasteiger partial charge in [-0.3, -0.25) is 9.89 Å². The number of carbonyl (C=O) groups excluding carboxylic acids is 1. The van der Waals surface area contributed by atoms with Gasteiger partial charge in [0.1, 0.15) is 10.9 Å². The number of aromatic amines is 1. The standard InChI is InChI=1S/C15H24N4O5S/c1-9-13(10(2)17-16-9)25(23,24)19-7-5-6-12(8-19)14(20)18(4)11(3)15(21)22/h11-12H,5-8H2,1-4H3,(H,16,17)(H,21,22). The van der Waals surface area contributed by atoms with Crippen LogP contribution in [0.2, 0.25) is 0 Å². The van der Waals surface area contributed by atoms with Crippen molar-refractivity contribution in [3.05, 3.63) is 11.4 Å². The number of aryl methyl sites for hydroxylation is 2. The summed E-state index contributed by atoms with van der Waals surface area (Å²) in [6, 6.07) is -0.960. The molecule has 2 N–H and O–H groups in total. The lowest BCUT2D eigenvalue weighted by molar-refractivity contribution is -0.150. The van der Waals surface area contributed by atoms with E-state index in [9.17, 15) is 18.0 Å². The van der Waals surface area contributed by atoms with Gasteiger partial charge in [0, 0.05) is 20.1 Å². The number of aromatic nitrogens is 2. The predicted molar refractivity (Wildman–Crippen MR) is 89.4 cm³/mol. The summed E-state index contributed by atoms with van der Waals surface area (Å²) in [5.41, 5.74) is 0.852. The monoisotopic (exact) mass is 372 g/mol. The number of piperidine rings is 1. The molecule has 0 radical (unpaired) electrons. The number of rotatable bonds is 5. The van der Waals surface area contributed by atoms with E-state index >= 15 is 0 Å². The SMILES string of the molecule is Cc1n[nH]c(C)c1S(=O)(=O)N1CCCC(C(=O)N(C)C(C)C(=O)O)C1. The quantitative estimate of drug-likeness (QED) is 0.769. The highest BCUT2D eigenvalue weighted by atomic mass is 32.2. The third kappa shape index (κ3) is 3.69. The average Bonchev–Trinajstić information content (AvgIpc) is 2.92. The second-order valence-electron chi connectivity index (χ2n) is 6.43. The molecule has 10 heteroatoms. The zero-order valence-corrected chi connectivity index (χ0v) is 15.6. The summed E-state index contributed by atoms with van der Waals surface area (Å²) in [5.74, 6) is -2.00. The highest BCUT2D eigenvalue weighted by molar-refractivity contribution is 7.89. The summed E-state index contributed by atoms with van der Waals surface area (Å²) in [4.78, 5) is 24.9. The number of amides is 1. The first-order valence-corrected chi connectivity index (χ1v) is 9.52. The van der Waals surface area contributed by atoms with Crippen LogP contribution in [0.1, 0.15) is 31.2 Å². The minimum Gasteiger partial charge on any atom is -0.480 e. The number of aliphatic carboxylic acids is 1. The molecule has 25 heavy (non-hydrogen) atoms. The maximum atomic E-state index is 12.9. The lowest BCUT2D eigenvalue weighted by Crippen LogP contribution is -2.49. The Bertz CT molecular complexity index is 753. The van der Waals surface area contributed by atoms with Crippen LogP contribution in [0.4, 0.5) is 0 Å². The van der Waals surface area contributed by atoms with E-state index < -0.39 is 28.0 Å². The molecule has 1 amide bonds. The zero-order valence-electron chi connectivity index (χ0n) is 14.8. The molecular formula is C15H24N4O5S. The zero-order chi connectivity index (χ0) is 18.9. The van der Waals surface area contributed by atoms with Crippen molar-refractivity contribution in [1.29, 1.82) is 0 Å². The van der Waals surface area contributed by atoms with Gasteiger partial charge < -0.3 is 10.0 Å². The number of carboxylic acid groups (broad SMARTS) is 1. The van der Waals surface area contributed by atoms with Gasteiger partial charge in [0.2, 0.25) is 15.9 Å². The first-order valence-electron chi connectivity index (χ1n) is 8.08. The normalized spacial score (nSPS) is 20.2. The summed E-state index contributed by atoms with van der Waals surface area (Å²) < 4.78 is 27.1. The minimum absolute atomic E-state index is 0.0436. The van der Waals surface area contributed by atoms with Crippen LogP contribution >= 0.6 is 0 Å². The van der Waals surface area contributed by atoms with Crippen LogP contribution in [0, 0.1) is 19.8 Å². The number of hydrogen-bond donors (Lipinski definition) is 2.